The van der Waals surface area contributed by atoms with Gasteiger partial charge >= 0.3 is 0 Å². The molecule has 6 nitrogen and oxygen atoms in total. The molecule has 0 radical (unpaired) electrons. The molecule has 24 heavy (non-hydrogen) atoms. The van der Waals surface area contributed by atoms with Crippen molar-refractivity contribution < 1.29 is 17.9 Å². The van der Waals surface area contributed by atoms with Crippen molar-refractivity contribution in [1.82, 2.24) is 4.72 Å². The number of hydrogen-bond acceptors (Lipinski definition) is 4. The molecule has 0 unspecified atom stereocenters. The Morgan fingerprint density at radius 1 is 1.38 bits per heavy atom. The summed E-state index contributed by atoms with van der Waals surface area (Å²) in [5.41, 5.74) is 1.72. The fourth-order valence-corrected chi connectivity index (χ4v) is 3.87. The van der Waals surface area contributed by atoms with E-state index >= 15 is 0 Å². The van der Waals surface area contributed by atoms with Crippen LogP contribution in [0, 0.1) is 0 Å². The number of nitrogens with one attached hydrogen (secondary N) is 1. The molecular weight excluding hydrogens is 328 g/mol. The van der Waals surface area contributed by atoms with Crippen LogP contribution in [0.2, 0.25) is 0 Å². The van der Waals surface area contributed by atoms with Gasteiger partial charge in [-0.15, -0.1) is 0 Å². The summed E-state index contributed by atoms with van der Waals surface area (Å²) in [7, 11) is -3.54. The van der Waals surface area contributed by atoms with Gasteiger partial charge in [0, 0.05) is 32.3 Å². The van der Waals surface area contributed by atoms with Gasteiger partial charge in [-0.1, -0.05) is 0 Å². The molecule has 1 aliphatic rings. The van der Waals surface area contributed by atoms with Crippen molar-refractivity contribution in [3.8, 4) is 0 Å². The number of sulfonamides is 1. The minimum absolute atomic E-state index is 0.0187. The summed E-state index contributed by atoms with van der Waals surface area (Å²) < 4.78 is 32.8. The zero-order chi connectivity index (χ0) is 17.7. The Kier molecular flexibility index (Phi) is 6.37. The van der Waals surface area contributed by atoms with E-state index in [9.17, 15) is 13.2 Å². The van der Waals surface area contributed by atoms with Crippen LogP contribution in [0.15, 0.2) is 23.1 Å². The molecule has 0 aromatic heterocycles. The van der Waals surface area contributed by atoms with Crippen LogP contribution in [0.5, 0.6) is 0 Å². The fourth-order valence-electron chi connectivity index (χ4n) is 2.75. The number of carbonyl (C=O) groups is 1. The highest BCUT2D eigenvalue weighted by Gasteiger charge is 2.22. The Hall–Kier alpha value is -1.44. The van der Waals surface area contributed by atoms with Crippen LogP contribution in [0.4, 0.5) is 5.69 Å². The largest absolute Gasteiger partial charge is 0.379 e. The maximum absolute atomic E-state index is 12.4. The van der Waals surface area contributed by atoms with Crippen LogP contribution >= 0.6 is 0 Å². The molecule has 1 amide bonds. The SMILES string of the molecule is CC(=O)N1CCCc2cc(S(=O)(=O)NCCCOC(C)C)ccc21. The molecule has 0 saturated heterocycles. The fraction of sp³-hybridized carbons (Fsp3) is 0.588. The standard InChI is InChI=1S/C17H26N2O4S/c1-13(2)23-11-5-9-18-24(21,22)16-7-8-17-15(12-16)6-4-10-19(17)14(3)20/h7-8,12-13,18H,4-6,9-11H2,1-3H3. The Labute approximate surface area is 144 Å². The Bertz CT molecular complexity index is 686. The van der Waals surface area contributed by atoms with Crippen LogP contribution in [0.3, 0.4) is 0 Å². The van der Waals surface area contributed by atoms with Crippen molar-refractivity contribution in [2.75, 3.05) is 24.6 Å². The van der Waals surface area contributed by atoms with Crippen molar-refractivity contribution in [3.63, 3.8) is 0 Å². The second-order valence-electron chi connectivity index (χ2n) is 6.24. The highest BCUT2D eigenvalue weighted by molar-refractivity contribution is 7.89. The zero-order valence-electron chi connectivity index (χ0n) is 14.5. The number of hydrogen-bond donors (Lipinski definition) is 1. The molecule has 1 aromatic rings. The van der Waals surface area contributed by atoms with Gasteiger partial charge in [0.05, 0.1) is 11.0 Å². The minimum atomic E-state index is -3.54. The predicted molar refractivity (Wildman–Crippen MR) is 93.7 cm³/mol. The number of benzene rings is 1. The summed E-state index contributed by atoms with van der Waals surface area (Å²) in [6.07, 6.45) is 2.40. The second-order valence-corrected chi connectivity index (χ2v) is 8.00. The number of fused-ring (bicyclic) bond motifs is 1. The van der Waals surface area contributed by atoms with Gasteiger partial charge in [0.2, 0.25) is 15.9 Å². The number of aryl methyl sites for hydroxylation is 1. The van der Waals surface area contributed by atoms with Gasteiger partial charge in [-0.05, 0) is 56.9 Å². The summed E-state index contributed by atoms with van der Waals surface area (Å²) in [5, 5.41) is 0. The number of anilines is 1. The summed E-state index contributed by atoms with van der Waals surface area (Å²) >= 11 is 0. The van der Waals surface area contributed by atoms with Crippen LogP contribution in [0.1, 0.15) is 39.2 Å². The van der Waals surface area contributed by atoms with Crippen LogP contribution in [-0.2, 0) is 26.0 Å². The molecule has 0 spiro atoms. The first-order chi connectivity index (χ1) is 11.3. The van der Waals surface area contributed by atoms with Crippen molar-refractivity contribution >= 4 is 21.6 Å². The molecule has 0 fully saturated rings. The van der Waals surface area contributed by atoms with Gasteiger partial charge in [0.15, 0.2) is 0 Å². The van der Waals surface area contributed by atoms with E-state index in [1.165, 1.54) is 6.92 Å². The van der Waals surface area contributed by atoms with E-state index in [0.29, 0.717) is 26.1 Å². The third kappa shape index (κ3) is 4.78. The Balaban J connectivity index is 2.05. The molecule has 0 saturated carbocycles. The number of carbonyl (C=O) groups excluding carboxylic acids is 1. The molecule has 1 heterocycles. The van der Waals surface area contributed by atoms with Crippen LogP contribution < -0.4 is 9.62 Å². The Morgan fingerprint density at radius 3 is 2.79 bits per heavy atom. The number of ether oxygens (including phenoxy) is 1. The number of nitrogens with zero attached hydrogens (tertiary/aromatic N) is 1. The normalized spacial score (nSPS) is 14.8. The quantitative estimate of drug-likeness (QED) is 0.761. The summed E-state index contributed by atoms with van der Waals surface area (Å²) in [6, 6.07) is 4.97. The van der Waals surface area contributed by atoms with Gasteiger partial charge in [-0.3, -0.25) is 4.79 Å². The van der Waals surface area contributed by atoms with E-state index in [1.807, 2.05) is 13.8 Å². The minimum Gasteiger partial charge on any atom is -0.379 e. The summed E-state index contributed by atoms with van der Waals surface area (Å²) in [6.45, 7) is 6.97. The second kappa shape index (κ2) is 8.09. The highest BCUT2D eigenvalue weighted by atomic mass is 32.2. The maximum Gasteiger partial charge on any atom is 0.240 e. The van der Waals surface area contributed by atoms with Crippen molar-refractivity contribution in [3.05, 3.63) is 23.8 Å². The van der Waals surface area contributed by atoms with E-state index in [2.05, 4.69) is 4.72 Å². The first-order valence-electron chi connectivity index (χ1n) is 8.33. The molecule has 7 heteroatoms. The summed E-state index contributed by atoms with van der Waals surface area (Å²) in [5.74, 6) is -0.0187. The smallest absolute Gasteiger partial charge is 0.240 e. The van der Waals surface area contributed by atoms with Crippen molar-refractivity contribution in [2.45, 2.75) is 51.0 Å². The van der Waals surface area contributed by atoms with Gasteiger partial charge in [-0.2, -0.15) is 0 Å². The molecule has 134 valence electrons. The first-order valence-corrected chi connectivity index (χ1v) is 9.82. The van der Waals surface area contributed by atoms with E-state index in [0.717, 1.165) is 24.1 Å². The Morgan fingerprint density at radius 2 is 2.12 bits per heavy atom. The van der Waals surface area contributed by atoms with Crippen molar-refractivity contribution in [2.24, 2.45) is 0 Å². The third-order valence-electron chi connectivity index (χ3n) is 3.92. The maximum atomic E-state index is 12.4. The van der Waals surface area contributed by atoms with Gasteiger partial charge in [-0.25, -0.2) is 13.1 Å². The average molecular weight is 354 g/mol. The van der Waals surface area contributed by atoms with E-state index in [-0.39, 0.29) is 16.9 Å². The van der Waals surface area contributed by atoms with E-state index in [1.54, 1.807) is 23.1 Å². The number of rotatable bonds is 7. The molecular formula is C17H26N2O4S. The third-order valence-corrected chi connectivity index (χ3v) is 5.38. The lowest BCUT2D eigenvalue weighted by molar-refractivity contribution is -0.116. The summed E-state index contributed by atoms with van der Waals surface area (Å²) in [4.78, 5) is 13.6. The topological polar surface area (TPSA) is 75.7 Å². The molecule has 1 aromatic carbocycles. The highest BCUT2D eigenvalue weighted by Crippen LogP contribution is 2.29. The molecule has 0 aliphatic carbocycles. The predicted octanol–water partition coefficient (Wildman–Crippen LogP) is 2.08. The molecule has 0 atom stereocenters. The van der Waals surface area contributed by atoms with Gasteiger partial charge < -0.3 is 9.64 Å². The monoisotopic (exact) mass is 354 g/mol. The molecule has 1 aliphatic heterocycles. The lowest BCUT2D eigenvalue weighted by Gasteiger charge is -2.28. The zero-order valence-corrected chi connectivity index (χ0v) is 15.4. The number of amides is 1. The first kappa shape index (κ1) is 18.9. The van der Waals surface area contributed by atoms with E-state index < -0.39 is 10.0 Å². The van der Waals surface area contributed by atoms with Crippen LogP contribution in [-0.4, -0.2) is 40.1 Å². The molecule has 1 N–H and O–H groups in total. The van der Waals surface area contributed by atoms with Crippen LogP contribution in [0.25, 0.3) is 0 Å². The van der Waals surface area contributed by atoms with Gasteiger partial charge in [0.1, 0.15) is 0 Å². The van der Waals surface area contributed by atoms with Crippen molar-refractivity contribution in [1.29, 1.82) is 0 Å². The molecule has 2 rings (SSSR count). The van der Waals surface area contributed by atoms with Gasteiger partial charge in [0.25, 0.3) is 0 Å². The lowest BCUT2D eigenvalue weighted by atomic mass is 10.0. The molecule has 0 bridgehead atoms. The average Bonchev–Trinajstić information content (AvgIpc) is 2.52. The lowest BCUT2D eigenvalue weighted by Crippen LogP contribution is -2.33. The van der Waals surface area contributed by atoms with E-state index in [4.69, 9.17) is 4.74 Å².